The lowest BCUT2D eigenvalue weighted by molar-refractivity contribution is -0.126. The number of furan rings is 1. The highest BCUT2D eigenvalue weighted by Gasteiger charge is 2.36. The van der Waals surface area contributed by atoms with Gasteiger partial charge in [0.05, 0.1) is 0 Å². The van der Waals surface area contributed by atoms with E-state index in [0.717, 1.165) is 43.6 Å². The summed E-state index contributed by atoms with van der Waals surface area (Å²) in [5.74, 6) is 3.18. The maximum Gasteiger partial charge on any atom is 0.246 e. The minimum Gasteiger partial charge on any atom is -0.461 e. The van der Waals surface area contributed by atoms with Crippen molar-refractivity contribution in [3.05, 3.63) is 60.1 Å². The smallest absolute Gasteiger partial charge is 0.246 e. The first-order valence-corrected chi connectivity index (χ1v) is 9.07. The van der Waals surface area contributed by atoms with Crippen LogP contribution in [0.5, 0.6) is 0 Å². The molecule has 2 unspecified atom stereocenters. The van der Waals surface area contributed by atoms with Gasteiger partial charge in [-0.2, -0.15) is 0 Å². The van der Waals surface area contributed by atoms with Crippen molar-refractivity contribution >= 4 is 17.7 Å². The number of anilines is 1. The van der Waals surface area contributed by atoms with Crippen molar-refractivity contribution in [2.45, 2.75) is 19.3 Å². The van der Waals surface area contributed by atoms with Gasteiger partial charge < -0.3 is 14.2 Å². The third-order valence-corrected chi connectivity index (χ3v) is 5.23. The van der Waals surface area contributed by atoms with Crippen LogP contribution in [0.2, 0.25) is 0 Å². The average molecular weight is 336 g/mol. The minimum atomic E-state index is 0.0606. The van der Waals surface area contributed by atoms with Crippen LogP contribution >= 0.6 is 0 Å². The molecule has 1 saturated carbocycles. The number of carbonyl (C=O) groups excluding carboxylic acids is 1. The predicted molar refractivity (Wildman–Crippen MR) is 99.5 cm³/mol. The second-order valence-corrected chi connectivity index (χ2v) is 7.04. The van der Waals surface area contributed by atoms with Crippen LogP contribution in [0.1, 0.15) is 30.8 Å². The van der Waals surface area contributed by atoms with Gasteiger partial charge in [0, 0.05) is 43.9 Å². The summed E-state index contributed by atoms with van der Waals surface area (Å²) in [6.07, 6.45) is 4.64. The third-order valence-electron chi connectivity index (χ3n) is 5.23. The zero-order chi connectivity index (χ0) is 17.2. The largest absolute Gasteiger partial charge is 0.461 e. The van der Waals surface area contributed by atoms with Crippen molar-refractivity contribution in [3.8, 4) is 0 Å². The van der Waals surface area contributed by atoms with E-state index in [2.05, 4.69) is 36.1 Å². The maximum absolute atomic E-state index is 12.4. The molecule has 4 rings (SSSR count). The van der Waals surface area contributed by atoms with Crippen molar-refractivity contribution in [3.63, 3.8) is 0 Å². The molecule has 2 heterocycles. The molecule has 4 heteroatoms. The molecule has 1 aliphatic carbocycles. The van der Waals surface area contributed by atoms with Gasteiger partial charge >= 0.3 is 0 Å². The van der Waals surface area contributed by atoms with Crippen molar-refractivity contribution in [1.29, 1.82) is 0 Å². The lowest BCUT2D eigenvalue weighted by atomic mass is 10.2. The minimum absolute atomic E-state index is 0.0606. The van der Waals surface area contributed by atoms with E-state index in [4.69, 9.17) is 4.42 Å². The lowest BCUT2D eigenvalue weighted by Crippen LogP contribution is -2.48. The molecule has 4 nitrogen and oxygen atoms in total. The second-order valence-electron chi connectivity index (χ2n) is 7.04. The van der Waals surface area contributed by atoms with Crippen molar-refractivity contribution in [2.24, 2.45) is 5.92 Å². The Balaban J connectivity index is 1.31. The summed E-state index contributed by atoms with van der Waals surface area (Å²) in [5.41, 5.74) is 1.22. The Morgan fingerprint density at radius 2 is 1.80 bits per heavy atom. The summed E-state index contributed by atoms with van der Waals surface area (Å²) in [6.45, 7) is 5.48. The average Bonchev–Trinajstić information content (AvgIpc) is 3.20. The molecule has 25 heavy (non-hydrogen) atoms. The van der Waals surface area contributed by atoms with Gasteiger partial charge in [-0.3, -0.25) is 4.79 Å². The number of amides is 1. The summed E-state index contributed by atoms with van der Waals surface area (Å²) in [5, 5.41) is 0. The molecule has 1 aliphatic heterocycles. The molecule has 2 aliphatic rings. The van der Waals surface area contributed by atoms with Crippen LogP contribution in [-0.4, -0.2) is 37.0 Å². The van der Waals surface area contributed by atoms with E-state index in [-0.39, 0.29) is 5.91 Å². The number of benzene rings is 1. The zero-order valence-corrected chi connectivity index (χ0v) is 14.6. The van der Waals surface area contributed by atoms with Gasteiger partial charge in [0.25, 0.3) is 0 Å². The Bertz CT molecular complexity index is 757. The van der Waals surface area contributed by atoms with Crippen molar-refractivity contribution < 1.29 is 9.21 Å². The Morgan fingerprint density at radius 1 is 1.08 bits per heavy atom. The molecule has 0 radical (unpaired) electrons. The molecular weight excluding hydrogens is 312 g/mol. The molecule has 0 bridgehead atoms. The molecule has 2 aromatic rings. The van der Waals surface area contributed by atoms with Crippen LogP contribution in [0.25, 0.3) is 6.08 Å². The number of carbonyl (C=O) groups is 1. The highest BCUT2D eigenvalue weighted by Crippen LogP contribution is 2.47. The second kappa shape index (κ2) is 6.79. The number of piperazine rings is 1. The normalized spacial score (nSPS) is 23.2. The highest BCUT2D eigenvalue weighted by molar-refractivity contribution is 5.91. The third kappa shape index (κ3) is 3.63. The van der Waals surface area contributed by atoms with Gasteiger partial charge in [0.2, 0.25) is 5.91 Å². The molecule has 1 aromatic heterocycles. The molecule has 130 valence electrons. The van der Waals surface area contributed by atoms with E-state index >= 15 is 0 Å². The number of rotatable bonds is 4. The summed E-state index contributed by atoms with van der Waals surface area (Å²) in [4.78, 5) is 16.6. The van der Waals surface area contributed by atoms with E-state index in [0.29, 0.717) is 5.92 Å². The standard InChI is InChI=1S/C21H24N2O2/c1-16-15-19(16)20-9-7-18(25-20)8-10-21(24)23-13-11-22(12-14-23)17-5-3-2-4-6-17/h2-10,16,19H,11-15H2,1H3. The summed E-state index contributed by atoms with van der Waals surface area (Å²) in [7, 11) is 0. The summed E-state index contributed by atoms with van der Waals surface area (Å²) < 4.78 is 5.82. The van der Waals surface area contributed by atoms with Crippen molar-refractivity contribution in [2.75, 3.05) is 31.1 Å². The van der Waals surface area contributed by atoms with E-state index < -0.39 is 0 Å². The van der Waals surface area contributed by atoms with Gasteiger partial charge in [0.1, 0.15) is 11.5 Å². The van der Waals surface area contributed by atoms with E-state index in [1.807, 2.05) is 23.1 Å². The van der Waals surface area contributed by atoms with E-state index in [9.17, 15) is 4.79 Å². The molecule has 0 N–H and O–H groups in total. The van der Waals surface area contributed by atoms with Gasteiger partial charge in [-0.1, -0.05) is 25.1 Å². The fraction of sp³-hybridized carbons (Fsp3) is 0.381. The SMILES string of the molecule is CC1CC1c1ccc(C=CC(=O)N2CCN(c3ccccc3)CC2)o1. The van der Waals surface area contributed by atoms with Crippen LogP contribution < -0.4 is 4.90 Å². The summed E-state index contributed by atoms with van der Waals surface area (Å²) >= 11 is 0. The van der Waals surface area contributed by atoms with Gasteiger partial charge in [0.15, 0.2) is 0 Å². The quantitative estimate of drug-likeness (QED) is 0.798. The first kappa shape index (κ1) is 16.0. The fourth-order valence-electron chi connectivity index (χ4n) is 3.46. The van der Waals surface area contributed by atoms with Crippen LogP contribution in [0, 0.1) is 5.92 Å². The molecule has 0 spiro atoms. The van der Waals surface area contributed by atoms with E-state index in [1.54, 1.807) is 12.2 Å². The predicted octanol–water partition coefficient (Wildman–Crippen LogP) is 3.77. The summed E-state index contributed by atoms with van der Waals surface area (Å²) in [6, 6.07) is 14.4. The van der Waals surface area contributed by atoms with E-state index in [1.165, 1.54) is 12.1 Å². The molecule has 2 atom stereocenters. The topological polar surface area (TPSA) is 36.7 Å². The monoisotopic (exact) mass is 336 g/mol. The van der Waals surface area contributed by atoms with Gasteiger partial charge in [-0.25, -0.2) is 0 Å². The molecule has 1 aromatic carbocycles. The van der Waals surface area contributed by atoms with Crippen LogP contribution in [0.3, 0.4) is 0 Å². The van der Waals surface area contributed by atoms with Crippen LogP contribution in [-0.2, 0) is 4.79 Å². The van der Waals surface area contributed by atoms with Crippen LogP contribution in [0.4, 0.5) is 5.69 Å². The van der Waals surface area contributed by atoms with Gasteiger partial charge in [-0.15, -0.1) is 0 Å². The number of para-hydroxylation sites is 1. The first-order valence-electron chi connectivity index (χ1n) is 9.07. The van der Waals surface area contributed by atoms with Crippen LogP contribution in [0.15, 0.2) is 53.0 Å². The number of hydrogen-bond donors (Lipinski definition) is 0. The Morgan fingerprint density at radius 3 is 2.48 bits per heavy atom. The Kier molecular flexibility index (Phi) is 4.35. The zero-order valence-electron chi connectivity index (χ0n) is 14.6. The fourth-order valence-corrected chi connectivity index (χ4v) is 3.46. The highest BCUT2D eigenvalue weighted by atomic mass is 16.3. The Hall–Kier alpha value is -2.49. The molecule has 1 saturated heterocycles. The lowest BCUT2D eigenvalue weighted by Gasteiger charge is -2.35. The number of nitrogens with zero attached hydrogens (tertiary/aromatic N) is 2. The molecular formula is C21H24N2O2. The maximum atomic E-state index is 12.4. The number of hydrogen-bond acceptors (Lipinski definition) is 3. The Labute approximate surface area is 148 Å². The molecule has 1 amide bonds. The molecule has 2 fully saturated rings. The first-order chi connectivity index (χ1) is 12.2. The van der Waals surface area contributed by atoms with Gasteiger partial charge in [-0.05, 0) is 42.7 Å². The van der Waals surface area contributed by atoms with Crippen molar-refractivity contribution in [1.82, 2.24) is 4.90 Å².